The van der Waals surface area contributed by atoms with Crippen LogP contribution in [-0.4, -0.2) is 48.5 Å². The summed E-state index contributed by atoms with van der Waals surface area (Å²) < 4.78 is 12.0. The summed E-state index contributed by atoms with van der Waals surface area (Å²) in [6, 6.07) is 0. The van der Waals surface area contributed by atoms with Crippen molar-refractivity contribution in [2.45, 2.75) is 63.1 Å². The van der Waals surface area contributed by atoms with Crippen molar-refractivity contribution in [3.8, 4) is 0 Å². The maximum atomic E-state index is 6.22. The lowest BCUT2D eigenvalue weighted by Gasteiger charge is -2.48. The molecule has 2 aliphatic heterocycles. The maximum Gasteiger partial charge on any atom is 0.222 e. The van der Waals surface area contributed by atoms with E-state index < -0.39 is 0 Å². The number of ether oxygens (including phenoxy) is 2. The Kier molecular flexibility index (Phi) is 4.35. The van der Waals surface area contributed by atoms with E-state index in [2.05, 4.69) is 14.9 Å². The van der Waals surface area contributed by atoms with Crippen molar-refractivity contribution < 1.29 is 9.47 Å². The molecule has 132 valence electrons. The molecule has 2 fully saturated rings. The highest BCUT2D eigenvalue weighted by Crippen LogP contribution is 2.39. The van der Waals surface area contributed by atoms with Gasteiger partial charge >= 0.3 is 0 Å². The third-order valence-electron chi connectivity index (χ3n) is 5.96. The number of rotatable bonds is 2. The summed E-state index contributed by atoms with van der Waals surface area (Å²) in [5.41, 5.74) is 8.35. The molecule has 3 aliphatic rings. The fraction of sp³-hybridized carbons (Fsp3) is 0.778. The average Bonchev–Trinajstić information content (AvgIpc) is 2.62. The van der Waals surface area contributed by atoms with E-state index in [1.54, 1.807) is 0 Å². The van der Waals surface area contributed by atoms with Gasteiger partial charge in [0.05, 0.1) is 17.4 Å². The van der Waals surface area contributed by atoms with Crippen LogP contribution in [0, 0.1) is 0 Å². The number of anilines is 2. The number of methoxy groups -OCH3 is 1. The van der Waals surface area contributed by atoms with E-state index in [9.17, 15) is 0 Å². The SMILES string of the molecule is CO[C@@H]1CCCOC12CCN(c1nc(N)nc3c1CCCC3)CC2. The summed E-state index contributed by atoms with van der Waals surface area (Å²) in [6.07, 6.45) is 8.93. The van der Waals surface area contributed by atoms with Gasteiger partial charge in [0.2, 0.25) is 5.95 Å². The minimum absolute atomic E-state index is 0.109. The Morgan fingerprint density at radius 3 is 2.75 bits per heavy atom. The standard InChI is InChI=1S/C18H28N4O2/c1-23-15-7-4-12-24-18(15)8-10-22(11-9-18)16-13-5-2-3-6-14(13)20-17(19)21-16/h15H,2-12H2,1H3,(H2,19,20,21)/t15-/m1/s1. The number of hydrogen-bond donors (Lipinski definition) is 1. The normalized spacial score (nSPS) is 26.4. The van der Waals surface area contributed by atoms with Gasteiger partial charge in [-0.15, -0.1) is 0 Å². The van der Waals surface area contributed by atoms with E-state index >= 15 is 0 Å². The van der Waals surface area contributed by atoms with Crippen LogP contribution in [0.15, 0.2) is 0 Å². The number of aryl methyl sites for hydroxylation is 1. The minimum Gasteiger partial charge on any atom is -0.378 e. The highest BCUT2D eigenvalue weighted by atomic mass is 16.5. The Labute approximate surface area is 143 Å². The number of nitrogen functional groups attached to an aromatic ring is 1. The van der Waals surface area contributed by atoms with Crippen LogP contribution in [-0.2, 0) is 22.3 Å². The smallest absolute Gasteiger partial charge is 0.222 e. The third kappa shape index (κ3) is 2.75. The highest BCUT2D eigenvalue weighted by Gasteiger charge is 2.45. The lowest BCUT2D eigenvalue weighted by molar-refractivity contribution is -0.175. The molecular formula is C18H28N4O2. The van der Waals surface area contributed by atoms with Crippen LogP contribution in [0.1, 0.15) is 49.8 Å². The second kappa shape index (κ2) is 6.48. The van der Waals surface area contributed by atoms with Crippen molar-refractivity contribution in [2.75, 3.05) is 37.4 Å². The van der Waals surface area contributed by atoms with Crippen LogP contribution in [0.5, 0.6) is 0 Å². The molecule has 1 aromatic rings. The maximum absolute atomic E-state index is 6.22. The van der Waals surface area contributed by atoms with Crippen molar-refractivity contribution in [2.24, 2.45) is 0 Å². The van der Waals surface area contributed by atoms with E-state index in [0.29, 0.717) is 5.95 Å². The summed E-state index contributed by atoms with van der Waals surface area (Å²) in [5, 5.41) is 0. The predicted octanol–water partition coefficient (Wildman–Crippen LogP) is 2.10. The number of aromatic nitrogens is 2. The molecule has 4 rings (SSSR count). The van der Waals surface area contributed by atoms with Crippen molar-refractivity contribution >= 4 is 11.8 Å². The fourth-order valence-corrected chi connectivity index (χ4v) is 4.65. The van der Waals surface area contributed by atoms with Crippen molar-refractivity contribution in [1.82, 2.24) is 9.97 Å². The molecule has 2 N–H and O–H groups in total. The van der Waals surface area contributed by atoms with Gasteiger partial charge in [-0.2, -0.15) is 4.98 Å². The van der Waals surface area contributed by atoms with Crippen LogP contribution in [0.4, 0.5) is 11.8 Å². The van der Waals surface area contributed by atoms with Crippen LogP contribution < -0.4 is 10.6 Å². The quantitative estimate of drug-likeness (QED) is 0.894. The van der Waals surface area contributed by atoms with E-state index in [-0.39, 0.29) is 11.7 Å². The van der Waals surface area contributed by atoms with Gasteiger partial charge in [-0.1, -0.05) is 0 Å². The molecule has 1 spiro atoms. The topological polar surface area (TPSA) is 73.5 Å². The van der Waals surface area contributed by atoms with E-state index in [4.69, 9.17) is 15.2 Å². The monoisotopic (exact) mass is 332 g/mol. The lowest BCUT2D eigenvalue weighted by Crippen LogP contribution is -2.56. The fourth-order valence-electron chi connectivity index (χ4n) is 4.65. The average molecular weight is 332 g/mol. The zero-order valence-corrected chi connectivity index (χ0v) is 14.6. The van der Waals surface area contributed by atoms with Gasteiger partial charge in [0.1, 0.15) is 5.82 Å². The van der Waals surface area contributed by atoms with Crippen molar-refractivity contribution in [1.29, 1.82) is 0 Å². The van der Waals surface area contributed by atoms with Crippen LogP contribution in [0.25, 0.3) is 0 Å². The number of hydrogen-bond acceptors (Lipinski definition) is 6. The molecule has 2 saturated heterocycles. The van der Waals surface area contributed by atoms with Crippen molar-refractivity contribution in [3.63, 3.8) is 0 Å². The van der Waals surface area contributed by atoms with Gasteiger partial charge in [0, 0.05) is 32.4 Å². The molecule has 0 amide bonds. The predicted molar refractivity (Wildman–Crippen MR) is 93.2 cm³/mol. The van der Waals surface area contributed by atoms with Crippen LogP contribution >= 0.6 is 0 Å². The van der Waals surface area contributed by atoms with E-state index in [1.807, 2.05) is 7.11 Å². The molecule has 0 unspecified atom stereocenters. The molecule has 6 nitrogen and oxygen atoms in total. The molecule has 6 heteroatoms. The molecule has 0 bridgehead atoms. The Morgan fingerprint density at radius 1 is 1.17 bits per heavy atom. The van der Waals surface area contributed by atoms with Crippen LogP contribution in [0.3, 0.4) is 0 Å². The van der Waals surface area contributed by atoms with Gasteiger partial charge in [-0.25, -0.2) is 4.98 Å². The lowest BCUT2D eigenvalue weighted by atomic mass is 9.81. The van der Waals surface area contributed by atoms with Gasteiger partial charge in [0.25, 0.3) is 0 Å². The second-order valence-corrected chi connectivity index (χ2v) is 7.30. The molecule has 1 aliphatic carbocycles. The van der Waals surface area contributed by atoms with Crippen molar-refractivity contribution in [3.05, 3.63) is 11.3 Å². The molecule has 1 atom stereocenters. The number of nitrogens with two attached hydrogens (primary N) is 1. The Balaban J connectivity index is 1.55. The molecular weight excluding hydrogens is 304 g/mol. The van der Waals surface area contributed by atoms with Gasteiger partial charge < -0.3 is 20.1 Å². The molecule has 0 saturated carbocycles. The van der Waals surface area contributed by atoms with E-state index in [0.717, 1.165) is 69.7 Å². The Hall–Kier alpha value is -1.40. The summed E-state index contributed by atoms with van der Waals surface area (Å²) in [7, 11) is 1.81. The summed E-state index contributed by atoms with van der Waals surface area (Å²) in [4.78, 5) is 11.5. The molecule has 1 aromatic heterocycles. The molecule has 0 aromatic carbocycles. The minimum atomic E-state index is -0.109. The Morgan fingerprint density at radius 2 is 1.96 bits per heavy atom. The summed E-state index contributed by atoms with van der Waals surface area (Å²) in [6.45, 7) is 2.75. The largest absolute Gasteiger partial charge is 0.378 e. The summed E-state index contributed by atoms with van der Waals surface area (Å²) >= 11 is 0. The first-order valence-corrected chi connectivity index (χ1v) is 9.29. The molecule has 0 radical (unpaired) electrons. The van der Waals surface area contributed by atoms with Gasteiger partial charge in [-0.05, 0) is 51.4 Å². The van der Waals surface area contributed by atoms with Gasteiger partial charge in [-0.3, -0.25) is 0 Å². The first-order valence-electron chi connectivity index (χ1n) is 9.29. The second-order valence-electron chi connectivity index (χ2n) is 7.30. The van der Waals surface area contributed by atoms with Crippen LogP contribution in [0.2, 0.25) is 0 Å². The summed E-state index contributed by atoms with van der Waals surface area (Å²) in [5.74, 6) is 1.48. The molecule has 3 heterocycles. The first-order chi connectivity index (χ1) is 11.7. The number of piperidine rings is 1. The Bertz CT molecular complexity index is 599. The zero-order valence-electron chi connectivity index (χ0n) is 14.6. The number of fused-ring (bicyclic) bond motifs is 1. The highest BCUT2D eigenvalue weighted by molar-refractivity contribution is 5.53. The van der Waals surface area contributed by atoms with Gasteiger partial charge in [0.15, 0.2) is 0 Å². The molecule has 24 heavy (non-hydrogen) atoms. The first kappa shape index (κ1) is 16.1. The zero-order chi connectivity index (χ0) is 16.6. The third-order valence-corrected chi connectivity index (χ3v) is 5.96. The number of nitrogens with zero attached hydrogens (tertiary/aromatic N) is 3. The van der Waals surface area contributed by atoms with E-state index in [1.165, 1.54) is 18.4 Å².